The fourth-order valence-electron chi connectivity index (χ4n) is 2.15. The molecule has 1 fully saturated rings. The standard InChI is InChI=1S/C15H23N3O/c1-2-17-15(19)12-7-8-14(13(16)10-12)18-9-3-4-11-5-6-11/h7-8,10-11,18H,2-6,9,16H2,1H3,(H,17,19). The lowest BCUT2D eigenvalue weighted by atomic mass is 10.1. The molecular formula is C15H23N3O. The third kappa shape index (κ3) is 4.16. The summed E-state index contributed by atoms with van der Waals surface area (Å²) in [6, 6.07) is 5.43. The van der Waals surface area contributed by atoms with Crippen molar-refractivity contribution in [2.75, 3.05) is 24.1 Å². The molecule has 1 amide bonds. The number of carbonyl (C=O) groups excluding carboxylic acids is 1. The molecule has 1 aromatic rings. The molecule has 0 aliphatic heterocycles. The van der Waals surface area contributed by atoms with E-state index < -0.39 is 0 Å². The number of rotatable bonds is 7. The molecule has 4 nitrogen and oxygen atoms in total. The Morgan fingerprint density at radius 1 is 1.42 bits per heavy atom. The molecule has 0 unspecified atom stereocenters. The van der Waals surface area contributed by atoms with Crippen molar-refractivity contribution >= 4 is 17.3 Å². The number of nitrogen functional groups attached to an aromatic ring is 1. The summed E-state index contributed by atoms with van der Waals surface area (Å²) in [6.45, 7) is 3.47. The van der Waals surface area contributed by atoms with E-state index in [-0.39, 0.29) is 5.91 Å². The van der Waals surface area contributed by atoms with Gasteiger partial charge < -0.3 is 16.4 Å². The highest BCUT2D eigenvalue weighted by atomic mass is 16.1. The maximum absolute atomic E-state index is 11.7. The van der Waals surface area contributed by atoms with Gasteiger partial charge in [-0.25, -0.2) is 0 Å². The first-order valence-corrected chi connectivity index (χ1v) is 7.12. The first kappa shape index (κ1) is 13.7. The van der Waals surface area contributed by atoms with Gasteiger partial charge in [-0.15, -0.1) is 0 Å². The Kier molecular flexibility index (Phi) is 4.66. The van der Waals surface area contributed by atoms with Crippen LogP contribution in [0.15, 0.2) is 18.2 Å². The fourth-order valence-corrected chi connectivity index (χ4v) is 2.15. The summed E-state index contributed by atoms with van der Waals surface area (Å²) in [7, 11) is 0. The van der Waals surface area contributed by atoms with Crippen LogP contribution in [-0.4, -0.2) is 19.0 Å². The molecule has 19 heavy (non-hydrogen) atoms. The second-order valence-corrected chi connectivity index (χ2v) is 5.17. The zero-order valence-electron chi connectivity index (χ0n) is 11.5. The highest BCUT2D eigenvalue weighted by Crippen LogP contribution is 2.33. The summed E-state index contributed by atoms with van der Waals surface area (Å²) in [5, 5.41) is 6.10. The zero-order chi connectivity index (χ0) is 13.7. The predicted molar refractivity (Wildman–Crippen MR) is 79.3 cm³/mol. The minimum atomic E-state index is -0.0746. The predicted octanol–water partition coefficient (Wildman–Crippen LogP) is 2.62. The van der Waals surface area contributed by atoms with Crippen molar-refractivity contribution in [3.8, 4) is 0 Å². The molecule has 0 radical (unpaired) electrons. The Hall–Kier alpha value is -1.71. The molecule has 104 valence electrons. The van der Waals surface area contributed by atoms with E-state index in [4.69, 9.17) is 5.73 Å². The van der Waals surface area contributed by atoms with Gasteiger partial charge in [0.2, 0.25) is 0 Å². The lowest BCUT2D eigenvalue weighted by Gasteiger charge is -2.10. The lowest BCUT2D eigenvalue weighted by Crippen LogP contribution is -2.22. The second-order valence-electron chi connectivity index (χ2n) is 5.17. The van der Waals surface area contributed by atoms with Gasteiger partial charge in [0.15, 0.2) is 0 Å². The van der Waals surface area contributed by atoms with Crippen LogP contribution in [0.1, 0.15) is 43.0 Å². The van der Waals surface area contributed by atoms with Crippen LogP contribution >= 0.6 is 0 Å². The van der Waals surface area contributed by atoms with Gasteiger partial charge in [0, 0.05) is 18.7 Å². The van der Waals surface area contributed by atoms with E-state index in [1.807, 2.05) is 19.1 Å². The summed E-state index contributed by atoms with van der Waals surface area (Å²) in [5.41, 5.74) is 8.14. The maximum Gasteiger partial charge on any atom is 0.251 e. The Balaban J connectivity index is 1.84. The van der Waals surface area contributed by atoms with Crippen LogP contribution in [0.3, 0.4) is 0 Å². The highest BCUT2D eigenvalue weighted by molar-refractivity contribution is 5.96. The quantitative estimate of drug-likeness (QED) is 0.522. The first-order chi connectivity index (χ1) is 9.20. The number of benzene rings is 1. The van der Waals surface area contributed by atoms with Gasteiger partial charge in [-0.1, -0.05) is 12.8 Å². The third-order valence-corrected chi connectivity index (χ3v) is 3.45. The average Bonchev–Trinajstić information content (AvgIpc) is 3.20. The zero-order valence-corrected chi connectivity index (χ0v) is 11.5. The number of amides is 1. The highest BCUT2D eigenvalue weighted by Gasteiger charge is 2.19. The van der Waals surface area contributed by atoms with E-state index in [1.54, 1.807) is 6.07 Å². The van der Waals surface area contributed by atoms with Gasteiger partial charge in [0.25, 0.3) is 5.91 Å². The van der Waals surface area contributed by atoms with Crippen LogP contribution in [0.4, 0.5) is 11.4 Å². The lowest BCUT2D eigenvalue weighted by molar-refractivity contribution is 0.0956. The van der Waals surface area contributed by atoms with Crippen LogP contribution in [0.5, 0.6) is 0 Å². The van der Waals surface area contributed by atoms with Crippen molar-refractivity contribution in [1.29, 1.82) is 0 Å². The fraction of sp³-hybridized carbons (Fsp3) is 0.533. The molecule has 0 spiro atoms. The van der Waals surface area contributed by atoms with Gasteiger partial charge in [-0.2, -0.15) is 0 Å². The van der Waals surface area contributed by atoms with Crippen molar-refractivity contribution in [3.63, 3.8) is 0 Å². The van der Waals surface area contributed by atoms with E-state index in [0.717, 1.165) is 18.2 Å². The molecule has 0 atom stereocenters. The number of anilines is 2. The monoisotopic (exact) mass is 261 g/mol. The number of hydrogen-bond acceptors (Lipinski definition) is 3. The normalized spacial score (nSPS) is 14.2. The van der Waals surface area contributed by atoms with Crippen molar-refractivity contribution in [1.82, 2.24) is 5.32 Å². The van der Waals surface area contributed by atoms with Gasteiger partial charge in [0.1, 0.15) is 0 Å². The molecule has 1 saturated carbocycles. The molecule has 2 rings (SSSR count). The SMILES string of the molecule is CCNC(=O)c1ccc(NCCCC2CC2)c(N)c1. The minimum Gasteiger partial charge on any atom is -0.397 e. The van der Waals surface area contributed by atoms with Gasteiger partial charge in [-0.3, -0.25) is 4.79 Å². The third-order valence-electron chi connectivity index (χ3n) is 3.45. The molecule has 0 saturated heterocycles. The summed E-state index contributed by atoms with van der Waals surface area (Å²) < 4.78 is 0. The van der Waals surface area contributed by atoms with E-state index >= 15 is 0 Å². The van der Waals surface area contributed by atoms with E-state index in [0.29, 0.717) is 17.8 Å². The molecular weight excluding hydrogens is 238 g/mol. The molecule has 0 heterocycles. The van der Waals surface area contributed by atoms with Gasteiger partial charge in [-0.05, 0) is 43.9 Å². The molecule has 4 heteroatoms. The number of nitrogens with one attached hydrogen (secondary N) is 2. The Morgan fingerprint density at radius 2 is 2.21 bits per heavy atom. The van der Waals surface area contributed by atoms with Crippen LogP contribution in [0.25, 0.3) is 0 Å². The average molecular weight is 261 g/mol. The molecule has 0 bridgehead atoms. The smallest absolute Gasteiger partial charge is 0.251 e. The molecule has 1 aliphatic carbocycles. The van der Waals surface area contributed by atoms with Crippen molar-refractivity contribution in [2.45, 2.75) is 32.6 Å². The van der Waals surface area contributed by atoms with Gasteiger partial charge >= 0.3 is 0 Å². The van der Waals surface area contributed by atoms with Crippen molar-refractivity contribution < 1.29 is 4.79 Å². The van der Waals surface area contributed by atoms with E-state index in [1.165, 1.54) is 25.7 Å². The van der Waals surface area contributed by atoms with Crippen LogP contribution < -0.4 is 16.4 Å². The summed E-state index contributed by atoms with van der Waals surface area (Å²) in [5.74, 6) is 0.897. The van der Waals surface area contributed by atoms with E-state index in [9.17, 15) is 4.79 Å². The van der Waals surface area contributed by atoms with Crippen LogP contribution in [-0.2, 0) is 0 Å². The molecule has 1 aromatic carbocycles. The number of carbonyl (C=O) groups is 1. The molecule has 1 aliphatic rings. The Morgan fingerprint density at radius 3 is 2.84 bits per heavy atom. The minimum absolute atomic E-state index is 0.0746. The van der Waals surface area contributed by atoms with Crippen LogP contribution in [0, 0.1) is 5.92 Å². The van der Waals surface area contributed by atoms with E-state index in [2.05, 4.69) is 10.6 Å². The number of nitrogens with two attached hydrogens (primary N) is 1. The summed E-state index contributed by atoms with van der Waals surface area (Å²) in [6.07, 6.45) is 5.30. The number of hydrogen-bond donors (Lipinski definition) is 3. The van der Waals surface area contributed by atoms with Crippen molar-refractivity contribution in [2.24, 2.45) is 5.92 Å². The molecule has 4 N–H and O–H groups in total. The topological polar surface area (TPSA) is 67.2 Å². The molecule has 0 aromatic heterocycles. The second kappa shape index (κ2) is 6.45. The summed E-state index contributed by atoms with van der Waals surface area (Å²) >= 11 is 0. The Bertz CT molecular complexity index is 441. The summed E-state index contributed by atoms with van der Waals surface area (Å²) in [4.78, 5) is 11.7. The van der Waals surface area contributed by atoms with Gasteiger partial charge in [0.05, 0.1) is 11.4 Å². The maximum atomic E-state index is 11.7. The Labute approximate surface area is 114 Å². The first-order valence-electron chi connectivity index (χ1n) is 7.12. The largest absolute Gasteiger partial charge is 0.397 e. The van der Waals surface area contributed by atoms with Crippen LogP contribution in [0.2, 0.25) is 0 Å². The van der Waals surface area contributed by atoms with Crippen molar-refractivity contribution in [3.05, 3.63) is 23.8 Å².